The van der Waals surface area contributed by atoms with E-state index in [2.05, 4.69) is 14.7 Å². The van der Waals surface area contributed by atoms with Gasteiger partial charge in [-0.2, -0.15) is 0 Å². The van der Waals surface area contributed by atoms with Gasteiger partial charge < -0.3 is 14.9 Å². The van der Waals surface area contributed by atoms with Crippen molar-refractivity contribution in [1.29, 1.82) is 0 Å². The van der Waals surface area contributed by atoms with Crippen LogP contribution >= 0.6 is 0 Å². The van der Waals surface area contributed by atoms with Crippen LogP contribution in [0.3, 0.4) is 0 Å². The number of carbonyl (C=O) groups excluding carboxylic acids is 1. The first-order chi connectivity index (χ1) is 15.9. The molecular formula is C23H30FN3O6S. The molecule has 1 unspecified atom stereocenters. The van der Waals surface area contributed by atoms with E-state index < -0.39 is 34.0 Å². The molecule has 0 saturated carbocycles. The fourth-order valence-corrected chi connectivity index (χ4v) is 3.48. The van der Waals surface area contributed by atoms with Crippen molar-refractivity contribution in [1.82, 2.24) is 9.97 Å². The number of ether oxygens (including phenoxy) is 1. The molecule has 1 aromatic heterocycles. The number of carbonyl (C=O) groups is 1. The first kappa shape index (κ1) is 27.4. The van der Waals surface area contributed by atoms with Crippen LogP contribution in [0.2, 0.25) is 0 Å². The van der Waals surface area contributed by atoms with E-state index in [1.807, 2.05) is 13.8 Å². The molecule has 34 heavy (non-hydrogen) atoms. The number of aromatic nitrogens is 2. The topological polar surface area (TPSA) is 130 Å². The molecule has 11 heteroatoms. The molecule has 0 amide bonds. The Hall–Kier alpha value is -2.89. The highest BCUT2D eigenvalue weighted by Crippen LogP contribution is 2.31. The van der Waals surface area contributed by atoms with Crippen LogP contribution in [0.1, 0.15) is 43.9 Å². The van der Waals surface area contributed by atoms with Crippen LogP contribution in [-0.2, 0) is 19.6 Å². The van der Waals surface area contributed by atoms with Crippen LogP contribution in [0.4, 0.5) is 10.3 Å². The predicted molar refractivity (Wildman–Crippen MR) is 127 cm³/mol. The number of aliphatic hydroxyl groups is 2. The van der Waals surface area contributed by atoms with Crippen LogP contribution in [-0.4, -0.2) is 67.2 Å². The SMILES string of the molecule is COC(=O)C(O)[C@H](O)CCC=Cc1c(-c2ccc(F)cc2)nc(N(C)S(C)(=O)=O)nc1C(C)C. The lowest BCUT2D eigenvalue weighted by atomic mass is 9.97. The average Bonchev–Trinajstić information content (AvgIpc) is 2.79. The Morgan fingerprint density at radius 2 is 1.82 bits per heavy atom. The van der Waals surface area contributed by atoms with E-state index in [4.69, 9.17) is 0 Å². The molecule has 0 aliphatic carbocycles. The van der Waals surface area contributed by atoms with E-state index in [9.17, 15) is 27.8 Å². The third kappa shape index (κ3) is 6.81. The predicted octanol–water partition coefficient (Wildman–Crippen LogP) is 2.49. The molecule has 0 bridgehead atoms. The molecule has 0 fully saturated rings. The number of allylic oxidation sites excluding steroid dienone is 1. The lowest BCUT2D eigenvalue weighted by molar-refractivity contribution is -0.156. The maximum absolute atomic E-state index is 13.5. The number of aliphatic hydroxyl groups excluding tert-OH is 2. The lowest BCUT2D eigenvalue weighted by Crippen LogP contribution is -2.34. The van der Waals surface area contributed by atoms with Crippen molar-refractivity contribution in [3.63, 3.8) is 0 Å². The Morgan fingerprint density at radius 3 is 2.35 bits per heavy atom. The minimum Gasteiger partial charge on any atom is -0.467 e. The molecule has 0 radical (unpaired) electrons. The van der Waals surface area contributed by atoms with Gasteiger partial charge in [-0.05, 0) is 43.0 Å². The Bertz CT molecular complexity index is 1140. The van der Waals surface area contributed by atoms with Crippen LogP contribution in [0.5, 0.6) is 0 Å². The molecule has 1 aromatic carbocycles. The molecular weight excluding hydrogens is 465 g/mol. The molecule has 0 saturated heterocycles. The normalized spacial score (nSPS) is 13.8. The molecule has 2 N–H and O–H groups in total. The van der Waals surface area contributed by atoms with Gasteiger partial charge in [-0.3, -0.25) is 0 Å². The van der Waals surface area contributed by atoms with Crippen LogP contribution in [0.15, 0.2) is 30.3 Å². The summed E-state index contributed by atoms with van der Waals surface area (Å²) in [5, 5.41) is 19.7. The van der Waals surface area contributed by atoms with E-state index in [0.717, 1.165) is 17.7 Å². The highest BCUT2D eigenvalue weighted by molar-refractivity contribution is 7.92. The molecule has 0 aliphatic heterocycles. The lowest BCUT2D eigenvalue weighted by Gasteiger charge is -2.20. The number of methoxy groups -OCH3 is 1. The van der Waals surface area contributed by atoms with Crippen molar-refractivity contribution in [2.24, 2.45) is 0 Å². The molecule has 0 spiro atoms. The fraction of sp³-hybridized carbons (Fsp3) is 0.435. The molecule has 2 rings (SSSR count). The first-order valence-electron chi connectivity index (χ1n) is 10.6. The zero-order valence-corrected chi connectivity index (χ0v) is 20.6. The average molecular weight is 496 g/mol. The molecule has 186 valence electrons. The van der Waals surface area contributed by atoms with Crippen LogP contribution in [0, 0.1) is 5.82 Å². The first-order valence-corrected chi connectivity index (χ1v) is 12.4. The van der Waals surface area contributed by atoms with Gasteiger partial charge in [0.05, 0.1) is 30.9 Å². The minimum absolute atomic E-state index is 0.0145. The summed E-state index contributed by atoms with van der Waals surface area (Å²) in [6, 6.07) is 5.65. The van der Waals surface area contributed by atoms with E-state index in [0.29, 0.717) is 28.9 Å². The van der Waals surface area contributed by atoms with Crippen molar-refractivity contribution in [2.45, 2.75) is 44.8 Å². The number of halogens is 1. The Kier molecular flexibility index (Phi) is 9.25. The molecule has 9 nitrogen and oxygen atoms in total. The number of anilines is 1. The Balaban J connectivity index is 2.51. The van der Waals surface area contributed by atoms with Crippen molar-refractivity contribution in [3.05, 3.63) is 47.4 Å². The van der Waals surface area contributed by atoms with E-state index in [1.54, 1.807) is 24.3 Å². The number of hydrogen-bond donors (Lipinski definition) is 2. The van der Waals surface area contributed by atoms with E-state index in [-0.39, 0.29) is 18.3 Å². The Labute approximate surface area is 199 Å². The number of benzene rings is 1. The van der Waals surface area contributed by atoms with E-state index >= 15 is 0 Å². The summed E-state index contributed by atoms with van der Waals surface area (Å²) >= 11 is 0. The van der Waals surface area contributed by atoms with Crippen LogP contribution in [0.25, 0.3) is 17.3 Å². The monoisotopic (exact) mass is 495 g/mol. The summed E-state index contributed by atoms with van der Waals surface area (Å²) in [5.41, 5.74) is 2.16. The zero-order valence-electron chi connectivity index (χ0n) is 19.8. The third-order valence-electron chi connectivity index (χ3n) is 5.13. The second-order valence-corrected chi connectivity index (χ2v) is 10.1. The molecule has 2 atom stereocenters. The number of nitrogens with zero attached hydrogens (tertiary/aromatic N) is 3. The second kappa shape index (κ2) is 11.5. The molecule has 1 heterocycles. The highest BCUT2D eigenvalue weighted by atomic mass is 32.2. The largest absolute Gasteiger partial charge is 0.467 e. The summed E-state index contributed by atoms with van der Waals surface area (Å²) in [5.74, 6) is -1.47. The number of sulfonamides is 1. The zero-order chi connectivity index (χ0) is 25.6. The van der Waals surface area contributed by atoms with E-state index in [1.165, 1.54) is 19.2 Å². The number of esters is 1. The summed E-state index contributed by atoms with van der Waals surface area (Å²) < 4.78 is 43.1. The summed E-state index contributed by atoms with van der Waals surface area (Å²) in [4.78, 5) is 20.3. The van der Waals surface area contributed by atoms with Crippen LogP contribution < -0.4 is 4.31 Å². The number of hydrogen-bond acceptors (Lipinski definition) is 8. The van der Waals surface area contributed by atoms with Crippen molar-refractivity contribution < 1.29 is 32.6 Å². The van der Waals surface area contributed by atoms with Gasteiger partial charge in [-0.1, -0.05) is 26.0 Å². The van der Waals surface area contributed by atoms with Crippen molar-refractivity contribution in [2.75, 3.05) is 24.7 Å². The van der Waals surface area contributed by atoms with Gasteiger partial charge in [-0.15, -0.1) is 0 Å². The quantitative estimate of drug-likeness (QED) is 0.481. The maximum Gasteiger partial charge on any atom is 0.337 e. The standard InChI is InChI=1S/C23H30FN3O6S/c1-14(2)19-17(8-6-7-9-18(28)21(29)22(30)33-4)20(15-10-12-16(24)13-11-15)26-23(25-19)27(3)34(5,31)32/h6,8,10-14,18,21,28-29H,7,9H2,1-5H3/t18-,21?/m1/s1. The summed E-state index contributed by atoms with van der Waals surface area (Å²) in [6.45, 7) is 3.80. The fourth-order valence-electron chi connectivity index (χ4n) is 3.10. The van der Waals surface area contributed by atoms with Gasteiger partial charge in [0.15, 0.2) is 6.10 Å². The van der Waals surface area contributed by atoms with Gasteiger partial charge in [0.2, 0.25) is 16.0 Å². The van der Waals surface area contributed by atoms with Gasteiger partial charge in [0, 0.05) is 18.2 Å². The maximum atomic E-state index is 13.5. The Morgan fingerprint density at radius 1 is 1.21 bits per heavy atom. The van der Waals surface area contributed by atoms with Gasteiger partial charge in [0.25, 0.3) is 0 Å². The van der Waals surface area contributed by atoms with Crippen molar-refractivity contribution in [3.8, 4) is 11.3 Å². The smallest absolute Gasteiger partial charge is 0.337 e. The van der Waals surface area contributed by atoms with Gasteiger partial charge in [-0.25, -0.2) is 31.9 Å². The third-order valence-corrected chi connectivity index (χ3v) is 6.29. The van der Waals surface area contributed by atoms with Gasteiger partial charge >= 0.3 is 5.97 Å². The van der Waals surface area contributed by atoms with Crippen molar-refractivity contribution >= 4 is 28.0 Å². The molecule has 2 aromatic rings. The van der Waals surface area contributed by atoms with Gasteiger partial charge in [0.1, 0.15) is 5.82 Å². The minimum atomic E-state index is -3.62. The molecule has 0 aliphatic rings. The highest BCUT2D eigenvalue weighted by Gasteiger charge is 2.24. The summed E-state index contributed by atoms with van der Waals surface area (Å²) in [7, 11) is -1.15. The summed E-state index contributed by atoms with van der Waals surface area (Å²) in [6.07, 6.45) is 1.95. The second-order valence-electron chi connectivity index (χ2n) is 8.08. The number of rotatable bonds is 10.